The molecule has 0 spiro atoms. The van der Waals surface area contributed by atoms with Crippen LogP contribution in [0.3, 0.4) is 0 Å². The Kier molecular flexibility index (Phi) is 3.89. The first-order valence-electron chi connectivity index (χ1n) is 6.93. The molecular formula is C17H13O5S-. The first kappa shape index (κ1) is 15.6. The Bertz CT molecular complexity index is 956. The molecule has 0 bridgehead atoms. The van der Waals surface area contributed by atoms with E-state index >= 15 is 0 Å². The van der Waals surface area contributed by atoms with E-state index in [4.69, 9.17) is 0 Å². The summed E-state index contributed by atoms with van der Waals surface area (Å²) < 4.78 is 1.55. The Morgan fingerprint density at radius 2 is 1.70 bits per heavy atom. The van der Waals surface area contributed by atoms with Gasteiger partial charge in [0.1, 0.15) is 0 Å². The lowest BCUT2D eigenvalue weighted by Gasteiger charge is -2.31. The van der Waals surface area contributed by atoms with Gasteiger partial charge >= 0.3 is 0 Å². The Balaban J connectivity index is 2.35. The number of fused-ring (bicyclic) bond motifs is 2. The summed E-state index contributed by atoms with van der Waals surface area (Å²) in [5.41, 5.74) is -1.99. The summed E-state index contributed by atoms with van der Waals surface area (Å²) in [7, 11) is 0. The van der Waals surface area contributed by atoms with Gasteiger partial charge in [0.2, 0.25) is 0 Å². The van der Waals surface area contributed by atoms with E-state index in [-0.39, 0.29) is 11.0 Å². The van der Waals surface area contributed by atoms with Gasteiger partial charge in [0.05, 0.1) is 24.6 Å². The highest BCUT2D eigenvalue weighted by Crippen LogP contribution is 2.29. The van der Waals surface area contributed by atoms with Crippen LogP contribution in [0.2, 0.25) is 0 Å². The number of hydrogen-bond donors (Lipinski definition) is 2. The Morgan fingerprint density at radius 1 is 1.04 bits per heavy atom. The second-order valence-electron chi connectivity index (χ2n) is 5.32. The van der Waals surface area contributed by atoms with Crippen molar-refractivity contribution in [3.63, 3.8) is 0 Å². The van der Waals surface area contributed by atoms with Crippen molar-refractivity contribution in [1.82, 2.24) is 0 Å². The Labute approximate surface area is 135 Å². The molecule has 0 radical (unpaired) electrons. The number of aliphatic hydroxyl groups excluding tert-OH is 2. The summed E-state index contributed by atoms with van der Waals surface area (Å²) in [4.78, 5) is 24.0. The van der Waals surface area contributed by atoms with Crippen LogP contribution in [0.5, 0.6) is 0 Å². The Morgan fingerprint density at radius 3 is 2.35 bits per heavy atom. The van der Waals surface area contributed by atoms with Crippen LogP contribution in [-0.2, 0) is 10.2 Å². The summed E-state index contributed by atoms with van der Waals surface area (Å²) in [6.07, 6.45) is 0. The van der Waals surface area contributed by atoms with Crippen LogP contribution in [0.15, 0.2) is 47.3 Å². The van der Waals surface area contributed by atoms with Crippen LogP contribution in [0.25, 0.3) is 20.2 Å². The van der Waals surface area contributed by atoms with E-state index in [0.717, 1.165) is 4.70 Å². The fraction of sp³-hybridized carbons (Fsp3) is 0.176. The van der Waals surface area contributed by atoms with Gasteiger partial charge < -0.3 is 20.1 Å². The zero-order valence-electron chi connectivity index (χ0n) is 12.0. The average Bonchev–Trinajstić information content (AvgIpc) is 2.57. The number of carboxylic acids is 1. The molecule has 0 unspecified atom stereocenters. The Hall–Kier alpha value is -2.28. The number of aliphatic hydroxyl groups is 2. The smallest absolute Gasteiger partial charge is 0.195 e. The number of benzene rings is 2. The normalized spacial score (nSPS) is 11.9. The van der Waals surface area contributed by atoms with Crippen LogP contribution >= 0.6 is 11.3 Å². The van der Waals surface area contributed by atoms with E-state index in [2.05, 4.69) is 0 Å². The predicted molar refractivity (Wildman–Crippen MR) is 86.5 cm³/mol. The van der Waals surface area contributed by atoms with E-state index in [0.29, 0.717) is 15.5 Å². The van der Waals surface area contributed by atoms with Gasteiger partial charge in [-0.15, -0.1) is 11.3 Å². The third kappa shape index (κ3) is 2.31. The van der Waals surface area contributed by atoms with Crippen LogP contribution in [-0.4, -0.2) is 29.4 Å². The SMILES string of the molecule is O=C([O-])C(CO)(CO)c1ccc2sc3ccccc3c(=O)c2c1. The molecule has 0 atom stereocenters. The molecule has 6 heteroatoms. The number of carboxylic acid groups (broad SMARTS) is 1. The lowest BCUT2D eigenvalue weighted by atomic mass is 9.81. The largest absolute Gasteiger partial charge is 0.549 e. The van der Waals surface area contributed by atoms with Crippen molar-refractivity contribution in [3.05, 3.63) is 58.3 Å². The van der Waals surface area contributed by atoms with Gasteiger partial charge in [0.15, 0.2) is 5.43 Å². The standard InChI is InChI=1S/C17H14O5S/c18-8-17(9-19,16(21)22)10-5-6-14-12(7-10)15(20)11-3-1-2-4-13(11)23-14/h1-7,18-19H,8-9H2,(H,21,22)/p-1. The first-order valence-corrected chi connectivity index (χ1v) is 7.74. The van der Waals surface area contributed by atoms with Crippen LogP contribution in [0, 0.1) is 0 Å². The highest BCUT2D eigenvalue weighted by molar-refractivity contribution is 7.24. The van der Waals surface area contributed by atoms with Gasteiger partial charge in [0, 0.05) is 20.2 Å². The number of rotatable bonds is 4. The van der Waals surface area contributed by atoms with E-state index in [1.807, 2.05) is 12.1 Å². The molecule has 2 aromatic carbocycles. The van der Waals surface area contributed by atoms with Crippen LogP contribution in [0.1, 0.15) is 5.56 Å². The van der Waals surface area contributed by atoms with Crippen molar-refractivity contribution in [2.24, 2.45) is 0 Å². The summed E-state index contributed by atoms with van der Waals surface area (Å²) in [5, 5.41) is 31.2. The fourth-order valence-corrected chi connectivity index (χ4v) is 3.63. The number of carbonyl (C=O) groups is 1. The second-order valence-corrected chi connectivity index (χ2v) is 6.41. The number of aliphatic carboxylic acids is 1. The summed E-state index contributed by atoms with van der Waals surface area (Å²) in [6, 6.07) is 11.7. The summed E-state index contributed by atoms with van der Waals surface area (Å²) >= 11 is 1.42. The molecule has 0 fully saturated rings. The van der Waals surface area contributed by atoms with Crippen molar-refractivity contribution in [2.45, 2.75) is 5.41 Å². The van der Waals surface area contributed by atoms with Crippen LogP contribution in [0.4, 0.5) is 0 Å². The second kappa shape index (κ2) is 5.73. The number of hydrogen-bond acceptors (Lipinski definition) is 6. The molecule has 2 N–H and O–H groups in total. The third-order valence-electron chi connectivity index (χ3n) is 4.06. The van der Waals surface area contributed by atoms with Crippen molar-refractivity contribution in [3.8, 4) is 0 Å². The molecule has 1 heterocycles. The zero-order valence-corrected chi connectivity index (χ0v) is 12.8. The van der Waals surface area contributed by atoms with Gasteiger partial charge in [0.25, 0.3) is 0 Å². The molecule has 0 aliphatic heterocycles. The maximum Gasteiger partial charge on any atom is 0.195 e. The van der Waals surface area contributed by atoms with Gasteiger partial charge in [-0.05, 0) is 29.8 Å². The van der Waals surface area contributed by atoms with Gasteiger partial charge in [-0.3, -0.25) is 4.79 Å². The predicted octanol–water partition coefficient (Wildman–Crippen LogP) is 0.387. The van der Waals surface area contributed by atoms with Gasteiger partial charge in [-0.1, -0.05) is 18.2 Å². The highest BCUT2D eigenvalue weighted by atomic mass is 32.1. The van der Waals surface area contributed by atoms with E-state index < -0.39 is 24.6 Å². The molecule has 0 aliphatic rings. The monoisotopic (exact) mass is 329 g/mol. The van der Waals surface area contributed by atoms with E-state index in [1.54, 1.807) is 18.2 Å². The maximum absolute atomic E-state index is 12.6. The molecule has 118 valence electrons. The van der Waals surface area contributed by atoms with E-state index in [9.17, 15) is 24.9 Å². The molecule has 23 heavy (non-hydrogen) atoms. The van der Waals surface area contributed by atoms with Crippen molar-refractivity contribution >= 4 is 37.5 Å². The molecule has 0 amide bonds. The molecule has 3 aromatic rings. The molecule has 3 rings (SSSR count). The van der Waals surface area contributed by atoms with E-state index in [1.165, 1.54) is 23.5 Å². The lowest BCUT2D eigenvalue weighted by molar-refractivity contribution is -0.316. The first-order chi connectivity index (χ1) is 11.0. The third-order valence-corrected chi connectivity index (χ3v) is 5.21. The van der Waals surface area contributed by atoms with Gasteiger partial charge in [-0.2, -0.15) is 0 Å². The quantitative estimate of drug-likeness (QED) is 0.675. The van der Waals surface area contributed by atoms with Crippen LogP contribution < -0.4 is 10.5 Å². The minimum atomic E-state index is -1.93. The molecule has 0 saturated heterocycles. The van der Waals surface area contributed by atoms with Crippen molar-refractivity contribution < 1.29 is 20.1 Å². The molecule has 1 aromatic heterocycles. The summed E-state index contributed by atoms with van der Waals surface area (Å²) in [6.45, 7) is -1.63. The van der Waals surface area contributed by atoms with Gasteiger partial charge in [-0.25, -0.2) is 0 Å². The molecule has 0 saturated carbocycles. The van der Waals surface area contributed by atoms with Crippen molar-refractivity contribution in [1.29, 1.82) is 0 Å². The number of carbonyl (C=O) groups excluding carboxylic acids is 1. The fourth-order valence-electron chi connectivity index (χ4n) is 2.58. The molecule has 0 aliphatic carbocycles. The van der Waals surface area contributed by atoms with Crippen molar-refractivity contribution in [2.75, 3.05) is 13.2 Å². The molecular weight excluding hydrogens is 316 g/mol. The lowest BCUT2D eigenvalue weighted by Crippen LogP contribution is -2.51. The topological polar surface area (TPSA) is 97.7 Å². The average molecular weight is 329 g/mol. The minimum absolute atomic E-state index is 0.148. The molecule has 5 nitrogen and oxygen atoms in total. The highest BCUT2D eigenvalue weighted by Gasteiger charge is 2.33. The minimum Gasteiger partial charge on any atom is -0.549 e. The summed E-state index contributed by atoms with van der Waals surface area (Å²) in [5.74, 6) is -1.58. The maximum atomic E-state index is 12.6. The zero-order chi connectivity index (χ0) is 16.6.